The molecule has 2 aromatic carbocycles. The molecule has 1 N–H and O–H groups in total. The van der Waals surface area contributed by atoms with Gasteiger partial charge in [-0.2, -0.15) is 0 Å². The highest BCUT2D eigenvalue weighted by Gasteiger charge is 2.05. The van der Waals surface area contributed by atoms with Gasteiger partial charge in [0.05, 0.1) is 0 Å². The van der Waals surface area contributed by atoms with E-state index in [0.717, 1.165) is 12.8 Å². The number of nitrogens with zero attached hydrogens (tertiary/aromatic N) is 1. The molecule has 3 aromatic rings. The Bertz CT molecular complexity index is 730. The van der Waals surface area contributed by atoms with E-state index in [9.17, 15) is 0 Å². The van der Waals surface area contributed by atoms with E-state index < -0.39 is 0 Å². The number of H-pyrrole nitrogens is 1. The summed E-state index contributed by atoms with van der Waals surface area (Å²) in [5.74, 6) is 0. The number of nitrogens with one attached hydrogen (secondary N) is 1. The lowest BCUT2D eigenvalue weighted by atomic mass is 10.1. The van der Waals surface area contributed by atoms with Gasteiger partial charge in [0.15, 0.2) is 5.69 Å². The molecular weight excluding hydrogens is 256 g/mol. The van der Waals surface area contributed by atoms with Crippen LogP contribution in [-0.4, -0.2) is 14.1 Å². The summed E-state index contributed by atoms with van der Waals surface area (Å²) in [4.78, 5) is 5.64. The van der Waals surface area contributed by atoms with Crippen molar-refractivity contribution in [3.8, 4) is 0 Å². The fraction of sp³-hybridized carbons (Fsp3) is 0.211. The predicted octanol–water partition coefficient (Wildman–Crippen LogP) is 3.51. The summed E-state index contributed by atoms with van der Waals surface area (Å²) >= 11 is 0. The van der Waals surface area contributed by atoms with Gasteiger partial charge in [0.25, 0.3) is 0 Å². The first-order chi connectivity index (χ1) is 10.2. The van der Waals surface area contributed by atoms with E-state index in [2.05, 4.69) is 84.6 Å². The second-order valence-electron chi connectivity index (χ2n) is 5.63. The van der Waals surface area contributed by atoms with Crippen LogP contribution in [0.25, 0.3) is 10.9 Å². The van der Waals surface area contributed by atoms with Gasteiger partial charge in [-0.15, -0.1) is 0 Å². The van der Waals surface area contributed by atoms with Crippen LogP contribution in [0.5, 0.6) is 0 Å². The Balaban J connectivity index is 1.71. The minimum absolute atomic E-state index is 1.03. The number of aromatic amines is 1. The van der Waals surface area contributed by atoms with E-state index in [0.29, 0.717) is 0 Å². The minimum Gasteiger partial charge on any atom is -0.378 e. The highest BCUT2D eigenvalue weighted by Crippen LogP contribution is 2.14. The lowest BCUT2D eigenvalue weighted by Gasteiger charge is -2.12. The first-order valence-corrected chi connectivity index (χ1v) is 7.38. The van der Waals surface area contributed by atoms with Crippen LogP contribution in [-0.2, 0) is 12.8 Å². The molecule has 2 heteroatoms. The van der Waals surface area contributed by atoms with E-state index in [1.807, 2.05) is 0 Å². The highest BCUT2D eigenvalue weighted by atomic mass is 15.1. The summed E-state index contributed by atoms with van der Waals surface area (Å²) in [5, 5.41) is 1.26. The van der Waals surface area contributed by atoms with Crippen molar-refractivity contribution in [2.24, 2.45) is 0 Å². The van der Waals surface area contributed by atoms with Gasteiger partial charge in [-0.3, -0.25) is 0 Å². The van der Waals surface area contributed by atoms with Gasteiger partial charge >= 0.3 is 0 Å². The van der Waals surface area contributed by atoms with Gasteiger partial charge in [-0.1, -0.05) is 24.3 Å². The molecule has 21 heavy (non-hydrogen) atoms. The number of aryl methyl sites for hydroxylation is 2. The normalized spacial score (nSPS) is 10.8. The Morgan fingerprint density at radius 3 is 2.33 bits per heavy atom. The number of anilines is 1. The van der Waals surface area contributed by atoms with Crippen LogP contribution in [0.3, 0.4) is 0 Å². The number of rotatable bonds is 4. The van der Waals surface area contributed by atoms with Crippen LogP contribution < -0.4 is 9.88 Å². The molecular formula is C19H21N2+. The lowest BCUT2D eigenvalue weighted by molar-refractivity contribution is -0.357. The van der Waals surface area contributed by atoms with Crippen LogP contribution >= 0.6 is 0 Å². The quantitative estimate of drug-likeness (QED) is 0.713. The van der Waals surface area contributed by atoms with Gasteiger partial charge in [0.2, 0.25) is 5.52 Å². The summed E-state index contributed by atoms with van der Waals surface area (Å²) < 4.78 is 0. The fourth-order valence-electron chi connectivity index (χ4n) is 2.55. The van der Waals surface area contributed by atoms with E-state index in [-0.39, 0.29) is 0 Å². The van der Waals surface area contributed by atoms with Crippen LogP contribution in [0.2, 0.25) is 0 Å². The number of hydrogen-bond donors (Lipinski definition) is 0. The van der Waals surface area contributed by atoms with Crippen LogP contribution in [0.4, 0.5) is 5.69 Å². The lowest BCUT2D eigenvalue weighted by Crippen LogP contribution is -2.12. The molecule has 0 bridgehead atoms. The molecule has 106 valence electrons. The van der Waals surface area contributed by atoms with E-state index in [4.69, 9.17) is 0 Å². The Morgan fingerprint density at radius 2 is 1.57 bits per heavy atom. The highest BCUT2D eigenvalue weighted by molar-refractivity contribution is 5.74. The first kappa shape index (κ1) is 13.6. The maximum atomic E-state index is 3.52. The van der Waals surface area contributed by atoms with Crippen LogP contribution in [0.15, 0.2) is 60.7 Å². The Morgan fingerprint density at radius 1 is 0.810 bits per heavy atom. The number of fused-ring (bicyclic) bond motifs is 1. The molecule has 1 heterocycles. The minimum atomic E-state index is 1.03. The van der Waals surface area contributed by atoms with Gasteiger partial charge in [0, 0.05) is 43.7 Å². The molecule has 0 aliphatic rings. The number of aromatic nitrogens is 1. The summed E-state index contributed by atoms with van der Waals surface area (Å²) in [5.41, 5.74) is 5.11. The van der Waals surface area contributed by atoms with E-state index >= 15 is 0 Å². The van der Waals surface area contributed by atoms with E-state index in [1.165, 1.54) is 27.8 Å². The average Bonchev–Trinajstić information content (AvgIpc) is 2.53. The third-order valence-corrected chi connectivity index (χ3v) is 3.86. The zero-order chi connectivity index (χ0) is 14.7. The second kappa shape index (κ2) is 5.96. The summed E-state index contributed by atoms with van der Waals surface area (Å²) in [7, 11) is 4.14. The first-order valence-electron chi connectivity index (χ1n) is 7.38. The van der Waals surface area contributed by atoms with Crippen molar-refractivity contribution < 1.29 is 4.98 Å². The smallest absolute Gasteiger partial charge is 0.210 e. The zero-order valence-electron chi connectivity index (χ0n) is 12.6. The molecule has 1 aromatic heterocycles. The molecule has 0 aliphatic carbocycles. The SMILES string of the molecule is CN(C)c1ccc(CCc2ccc3ccccc3[nH+]2)cc1. The molecule has 3 rings (SSSR count). The van der Waals surface area contributed by atoms with Crippen molar-refractivity contribution in [2.75, 3.05) is 19.0 Å². The van der Waals surface area contributed by atoms with Crippen molar-refractivity contribution in [3.05, 3.63) is 71.9 Å². The van der Waals surface area contributed by atoms with Crippen molar-refractivity contribution in [1.82, 2.24) is 0 Å². The topological polar surface area (TPSA) is 17.4 Å². The Hall–Kier alpha value is -2.35. The van der Waals surface area contributed by atoms with Gasteiger partial charge in [-0.05, 0) is 36.2 Å². The van der Waals surface area contributed by atoms with Gasteiger partial charge in [0.1, 0.15) is 0 Å². The fourth-order valence-corrected chi connectivity index (χ4v) is 2.55. The molecule has 0 atom stereocenters. The molecule has 0 fully saturated rings. The Kier molecular flexibility index (Phi) is 3.87. The van der Waals surface area contributed by atoms with Crippen molar-refractivity contribution in [1.29, 1.82) is 0 Å². The standard InChI is InChI=1S/C19H20N2/c1-21(2)18-13-8-15(9-14-18)7-11-17-12-10-16-5-3-4-6-19(16)20-17/h3-6,8-10,12-14H,7,11H2,1-2H3/p+1. The molecule has 0 saturated carbocycles. The van der Waals surface area contributed by atoms with Crippen molar-refractivity contribution >= 4 is 16.6 Å². The van der Waals surface area contributed by atoms with Crippen molar-refractivity contribution in [3.63, 3.8) is 0 Å². The van der Waals surface area contributed by atoms with Gasteiger partial charge in [-0.25, -0.2) is 4.98 Å². The number of para-hydroxylation sites is 1. The maximum absolute atomic E-state index is 3.52. The predicted molar refractivity (Wildman–Crippen MR) is 88.7 cm³/mol. The maximum Gasteiger partial charge on any atom is 0.210 e. The summed E-state index contributed by atoms with van der Waals surface area (Å²) in [6, 6.07) is 21.6. The number of benzene rings is 2. The van der Waals surface area contributed by atoms with Crippen LogP contribution in [0.1, 0.15) is 11.3 Å². The monoisotopic (exact) mass is 277 g/mol. The van der Waals surface area contributed by atoms with Gasteiger partial charge < -0.3 is 4.90 Å². The molecule has 0 aliphatic heterocycles. The number of pyridine rings is 1. The molecule has 0 spiro atoms. The summed E-state index contributed by atoms with van der Waals surface area (Å²) in [6.07, 6.45) is 2.09. The molecule has 0 unspecified atom stereocenters. The molecule has 0 radical (unpaired) electrons. The second-order valence-corrected chi connectivity index (χ2v) is 5.63. The zero-order valence-corrected chi connectivity index (χ0v) is 12.6. The molecule has 0 saturated heterocycles. The summed E-state index contributed by atoms with van der Waals surface area (Å²) in [6.45, 7) is 0. The number of hydrogen-bond acceptors (Lipinski definition) is 1. The molecule has 0 amide bonds. The largest absolute Gasteiger partial charge is 0.378 e. The van der Waals surface area contributed by atoms with Crippen molar-refractivity contribution in [2.45, 2.75) is 12.8 Å². The third-order valence-electron chi connectivity index (χ3n) is 3.86. The molecule has 2 nitrogen and oxygen atoms in total. The third kappa shape index (κ3) is 3.22. The van der Waals surface area contributed by atoms with E-state index in [1.54, 1.807) is 0 Å². The van der Waals surface area contributed by atoms with Crippen LogP contribution in [0, 0.1) is 0 Å². The Labute approximate surface area is 126 Å². The average molecular weight is 277 g/mol.